The van der Waals surface area contributed by atoms with Crippen LogP contribution in [-0.2, 0) is 11.2 Å². The molecule has 0 aromatic heterocycles. The largest absolute Gasteiger partial charge is 0.378 e. The maximum absolute atomic E-state index is 12.1. The van der Waals surface area contributed by atoms with E-state index in [1.165, 1.54) is 16.8 Å². The second-order valence-corrected chi connectivity index (χ2v) is 7.80. The Balaban J connectivity index is 1.69. The van der Waals surface area contributed by atoms with Crippen LogP contribution in [0.5, 0.6) is 0 Å². The third kappa shape index (κ3) is 4.16. The van der Waals surface area contributed by atoms with E-state index < -0.39 is 0 Å². The molecule has 0 aliphatic carbocycles. The molecular formula is C21H26N2O. The van der Waals surface area contributed by atoms with Crippen molar-refractivity contribution < 1.29 is 4.79 Å². The summed E-state index contributed by atoms with van der Waals surface area (Å²) in [6.07, 6.45) is 2.61. The molecule has 0 spiro atoms. The normalized spacial score (nSPS) is 16.9. The van der Waals surface area contributed by atoms with Crippen molar-refractivity contribution in [3.63, 3.8) is 0 Å². The van der Waals surface area contributed by atoms with Crippen molar-refractivity contribution in [2.24, 2.45) is 5.41 Å². The van der Waals surface area contributed by atoms with Crippen LogP contribution < -0.4 is 10.6 Å². The molecule has 1 aliphatic heterocycles. The number of nitrogens with one attached hydrogen (secondary N) is 2. The van der Waals surface area contributed by atoms with Crippen LogP contribution in [0.2, 0.25) is 0 Å². The first-order valence-electron chi connectivity index (χ1n) is 8.65. The molecule has 0 bridgehead atoms. The van der Waals surface area contributed by atoms with Crippen LogP contribution in [0.25, 0.3) is 0 Å². The minimum atomic E-state index is 0.00273. The van der Waals surface area contributed by atoms with Gasteiger partial charge in [0.25, 0.3) is 0 Å². The third-order valence-electron chi connectivity index (χ3n) is 4.31. The quantitative estimate of drug-likeness (QED) is 0.819. The van der Waals surface area contributed by atoms with Gasteiger partial charge in [-0.2, -0.15) is 0 Å². The van der Waals surface area contributed by atoms with E-state index in [1.54, 1.807) is 0 Å². The summed E-state index contributed by atoms with van der Waals surface area (Å²) in [5.74, 6) is 0.0772. The second kappa shape index (κ2) is 6.68. The molecule has 3 rings (SSSR count). The Bertz CT molecular complexity index is 716. The maximum Gasteiger partial charge on any atom is 0.224 e. The lowest BCUT2D eigenvalue weighted by Crippen LogP contribution is -2.21. The zero-order valence-corrected chi connectivity index (χ0v) is 14.7. The molecule has 1 aliphatic rings. The fourth-order valence-electron chi connectivity index (χ4n) is 3.20. The first kappa shape index (κ1) is 16.6. The molecule has 0 saturated heterocycles. The Labute approximate surface area is 144 Å². The van der Waals surface area contributed by atoms with Gasteiger partial charge < -0.3 is 10.6 Å². The average molecular weight is 322 g/mol. The highest BCUT2D eigenvalue weighted by molar-refractivity contribution is 5.91. The van der Waals surface area contributed by atoms with E-state index in [9.17, 15) is 4.79 Å². The number of carbonyl (C=O) groups excluding carboxylic acids is 1. The molecule has 1 amide bonds. The van der Waals surface area contributed by atoms with Crippen molar-refractivity contribution in [3.05, 3.63) is 59.7 Å². The molecule has 0 saturated carbocycles. The lowest BCUT2D eigenvalue weighted by molar-refractivity contribution is -0.117. The summed E-state index contributed by atoms with van der Waals surface area (Å²) in [5.41, 5.74) is 4.66. The van der Waals surface area contributed by atoms with E-state index in [-0.39, 0.29) is 11.3 Å². The summed E-state index contributed by atoms with van der Waals surface area (Å²) >= 11 is 0. The van der Waals surface area contributed by atoms with Gasteiger partial charge in [0, 0.05) is 17.8 Å². The lowest BCUT2D eigenvalue weighted by atomic mass is 9.91. The molecule has 2 aromatic carbocycles. The first-order chi connectivity index (χ1) is 11.4. The fourth-order valence-corrected chi connectivity index (χ4v) is 3.20. The van der Waals surface area contributed by atoms with Gasteiger partial charge in [-0.3, -0.25) is 4.79 Å². The highest BCUT2D eigenvalue weighted by Crippen LogP contribution is 2.34. The van der Waals surface area contributed by atoms with Crippen LogP contribution in [0.3, 0.4) is 0 Å². The molecule has 3 nitrogen and oxygen atoms in total. The zero-order chi connectivity index (χ0) is 17.2. The minimum absolute atomic E-state index is 0.00273. The first-order valence-corrected chi connectivity index (χ1v) is 8.65. The molecule has 1 atom stereocenters. The van der Waals surface area contributed by atoms with E-state index in [1.807, 2.05) is 12.1 Å². The van der Waals surface area contributed by atoms with Gasteiger partial charge in [0.1, 0.15) is 0 Å². The SMILES string of the molecule is CC(C)(C)CC(=O)Nc1ccc2c(c1)CCC(c1ccccc1)N2. The Morgan fingerprint density at radius 2 is 1.92 bits per heavy atom. The van der Waals surface area contributed by atoms with E-state index in [4.69, 9.17) is 0 Å². The van der Waals surface area contributed by atoms with Crippen molar-refractivity contribution in [2.75, 3.05) is 10.6 Å². The molecule has 0 radical (unpaired) electrons. The van der Waals surface area contributed by atoms with Crippen molar-refractivity contribution >= 4 is 17.3 Å². The highest BCUT2D eigenvalue weighted by Gasteiger charge is 2.20. The van der Waals surface area contributed by atoms with Gasteiger partial charge in [-0.15, -0.1) is 0 Å². The van der Waals surface area contributed by atoms with E-state index in [0.29, 0.717) is 12.5 Å². The number of carbonyl (C=O) groups is 1. The summed E-state index contributed by atoms with van der Waals surface area (Å²) in [6, 6.07) is 17.1. The van der Waals surface area contributed by atoms with E-state index >= 15 is 0 Å². The van der Waals surface area contributed by atoms with Gasteiger partial charge in [-0.1, -0.05) is 51.1 Å². The molecule has 1 heterocycles. The molecule has 2 N–H and O–H groups in total. The van der Waals surface area contributed by atoms with Gasteiger partial charge in [0.2, 0.25) is 5.91 Å². The number of anilines is 2. The van der Waals surface area contributed by atoms with Crippen molar-refractivity contribution in [1.82, 2.24) is 0 Å². The zero-order valence-electron chi connectivity index (χ0n) is 14.7. The van der Waals surface area contributed by atoms with Gasteiger partial charge >= 0.3 is 0 Å². The summed E-state index contributed by atoms with van der Waals surface area (Å²) < 4.78 is 0. The third-order valence-corrected chi connectivity index (χ3v) is 4.31. The Kier molecular flexibility index (Phi) is 4.61. The number of benzene rings is 2. The highest BCUT2D eigenvalue weighted by atomic mass is 16.1. The van der Waals surface area contributed by atoms with Gasteiger partial charge in [0.15, 0.2) is 0 Å². The number of rotatable bonds is 3. The van der Waals surface area contributed by atoms with E-state index in [2.05, 4.69) is 67.8 Å². The van der Waals surface area contributed by atoms with Crippen LogP contribution >= 0.6 is 0 Å². The number of amides is 1. The molecule has 24 heavy (non-hydrogen) atoms. The van der Waals surface area contributed by atoms with Gasteiger partial charge in [-0.25, -0.2) is 0 Å². The van der Waals surface area contributed by atoms with Crippen LogP contribution in [0.4, 0.5) is 11.4 Å². The average Bonchev–Trinajstić information content (AvgIpc) is 2.53. The molecular weight excluding hydrogens is 296 g/mol. The van der Waals surface area contributed by atoms with Gasteiger partial charge in [-0.05, 0) is 47.6 Å². The van der Waals surface area contributed by atoms with Crippen LogP contribution in [-0.4, -0.2) is 5.91 Å². The molecule has 1 unspecified atom stereocenters. The monoisotopic (exact) mass is 322 g/mol. The van der Waals surface area contributed by atoms with Crippen molar-refractivity contribution in [2.45, 2.75) is 46.1 Å². The number of aryl methyl sites for hydroxylation is 1. The minimum Gasteiger partial charge on any atom is -0.378 e. The summed E-state index contributed by atoms with van der Waals surface area (Å²) in [4.78, 5) is 12.1. The van der Waals surface area contributed by atoms with E-state index in [0.717, 1.165) is 18.5 Å². The second-order valence-electron chi connectivity index (χ2n) is 7.80. The van der Waals surface area contributed by atoms with Crippen LogP contribution in [0.15, 0.2) is 48.5 Å². The standard InChI is InChI=1S/C21H26N2O/c1-21(2,3)14-20(24)22-17-10-12-19-16(13-17)9-11-18(23-19)15-7-5-4-6-8-15/h4-8,10,12-13,18,23H,9,11,14H2,1-3H3,(H,22,24). The summed E-state index contributed by atoms with van der Waals surface area (Å²) in [7, 11) is 0. The number of fused-ring (bicyclic) bond motifs is 1. The predicted octanol–water partition coefficient (Wildman–Crippen LogP) is 5.16. The number of hydrogen-bond donors (Lipinski definition) is 2. The molecule has 126 valence electrons. The van der Waals surface area contributed by atoms with Crippen LogP contribution in [0, 0.1) is 5.41 Å². The Hall–Kier alpha value is -2.29. The van der Waals surface area contributed by atoms with Crippen molar-refractivity contribution in [3.8, 4) is 0 Å². The topological polar surface area (TPSA) is 41.1 Å². The van der Waals surface area contributed by atoms with Gasteiger partial charge in [0.05, 0.1) is 6.04 Å². The summed E-state index contributed by atoms with van der Waals surface area (Å²) in [6.45, 7) is 6.23. The maximum atomic E-state index is 12.1. The molecule has 3 heteroatoms. The van der Waals surface area contributed by atoms with Crippen LogP contribution in [0.1, 0.15) is 50.8 Å². The van der Waals surface area contributed by atoms with Crippen molar-refractivity contribution in [1.29, 1.82) is 0 Å². The number of hydrogen-bond acceptors (Lipinski definition) is 2. The summed E-state index contributed by atoms with van der Waals surface area (Å²) in [5, 5.41) is 6.64. The molecule has 2 aromatic rings. The Morgan fingerprint density at radius 1 is 1.17 bits per heavy atom. The smallest absolute Gasteiger partial charge is 0.224 e. The fraction of sp³-hybridized carbons (Fsp3) is 0.381. The Morgan fingerprint density at radius 3 is 2.62 bits per heavy atom. The predicted molar refractivity (Wildman–Crippen MR) is 100 cm³/mol. The lowest BCUT2D eigenvalue weighted by Gasteiger charge is -2.28. The molecule has 0 fully saturated rings.